The van der Waals surface area contributed by atoms with Crippen molar-refractivity contribution in [3.05, 3.63) is 59.4 Å². The molecule has 2 heteroatoms. The zero-order valence-corrected chi connectivity index (χ0v) is 11.5. The standard InChI is InChI=1S/C18H17FO/c1-12(20)14-8-9-18(19)17(11-14)16-7-3-6-15(10-16)13-4-2-5-13/h3,6-11,13H,2,4-5H2,1H3. The molecule has 0 amide bonds. The maximum absolute atomic E-state index is 14.0. The summed E-state index contributed by atoms with van der Waals surface area (Å²) < 4.78 is 14.0. The molecule has 2 aromatic carbocycles. The minimum atomic E-state index is -0.277. The molecule has 1 aliphatic rings. The van der Waals surface area contributed by atoms with Crippen molar-refractivity contribution in [1.82, 2.24) is 0 Å². The third kappa shape index (κ3) is 2.38. The van der Waals surface area contributed by atoms with E-state index in [1.807, 2.05) is 12.1 Å². The van der Waals surface area contributed by atoms with Crippen LogP contribution in [0.25, 0.3) is 11.1 Å². The van der Waals surface area contributed by atoms with Gasteiger partial charge in [0.05, 0.1) is 0 Å². The van der Waals surface area contributed by atoms with Crippen molar-refractivity contribution < 1.29 is 9.18 Å². The first kappa shape index (κ1) is 13.0. The molecule has 0 N–H and O–H groups in total. The van der Waals surface area contributed by atoms with E-state index < -0.39 is 0 Å². The van der Waals surface area contributed by atoms with Crippen LogP contribution in [-0.4, -0.2) is 5.78 Å². The lowest BCUT2D eigenvalue weighted by Crippen LogP contribution is -2.08. The molecule has 0 aliphatic heterocycles. The Morgan fingerprint density at radius 3 is 2.60 bits per heavy atom. The Bertz CT molecular complexity index is 656. The molecule has 0 radical (unpaired) electrons. The number of hydrogen-bond donors (Lipinski definition) is 0. The van der Waals surface area contributed by atoms with E-state index in [9.17, 15) is 9.18 Å². The highest BCUT2D eigenvalue weighted by molar-refractivity contribution is 5.95. The van der Waals surface area contributed by atoms with E-state index in [2.05, 4.69) is 12.1 Å². The summed E-state index contributed by atoms with van der Waals surface area (Å²) >= 11 is 0. The monoisotopic (exact) mass is 268 g/mol. The lowest BCUT2D eigenvalue weighted by Gasteiger charge is -2.26. The van der Waals surface area contributed by atoms with Gasteiger partial charge in [0.1, 0.15) is 5.82 Å². The van der Waals surface area contributed by atoms with Crippen molar-refractivity contribution in [2.24, 2.45) is 0 Å². The molecule has 0 aromatic heterocycles. The Balaban J connectivity index is 2.03. The van der Waals surface area contributed by atoms with Gasteiger partial charge >= 0.3 is 0 Å². The Morgan fingerprint density at radius 2 is 1.95 bits per heavy atom. The first-order valence-corrected chi connectivity index (χ1v) is 7.06. The molecule has 0 bridgehead atoms. The summed E-state index contributed by atoms with van der Waals surface area (Å²) in [5.41, 5.74) is 3.20. The zero-order valence-electron chi connectivity index (χ0n) is 11.5. The van der Waals surface area contributed by atoms with Gasteiger partial charge in [-0.2, -0.15) is 0 Å². The number of hydrogen-bond acceptors (Lipinski definition) is 1. The summed E-state index contributed by atoms with van der Waals surface area (Å²) in [7, 11) is 0. The maximum atomic E-state index is 14.0. The second-order valence-corrected chi connectivity index (χ2v) is 5.50. The molecule has 2 aromatic rings. The lowest BCUT2D eigenvalue weighted by atomic mass is 9.79. The molecule has 1 nitrogen and oxygen atoms in total. The van der Waals surface area contributed by atoms with Crippen LogP contribution in [0.5, 0.6) is 0 Å². The maximum Gasteiger partial charge on any atom is 0.159 e. The number of halogens is 1. The zero-order chi connectivity index (χ0) is 14.1. The van der Waals surface area contributed by atoms with Gasteiger partial charge in [-0.25, -0.2) is 4.39 Å². The molecule has 1 aliphatic carbocycles. The number of carbonyl (C=O) groups is 1. The van der Waals surface area contributed by atoms with Crippen molar-refractivity contribution >= 4 is 5.78 Å². The second-order valence-electron chi connectivity index (χ2n) is 5.50. The van der Waals surface area contributed by atoms with Gasteiger partial charge in [0.15, 0.2) is 5.78 Å². The number of rotatable bonds is 3. The van der Waals surface area contributed by atoms with E-state index in [1.165, 1.54) is 43.9 Å². The number of Topliss-reactive ketones (excluding diaryl/α,β-unsaturated/α-hetero) is 1. The van der Waals surface area contributed by atoms with Crippen molar-refractivity contribution in [3.8, 4) is 11.1 Å². The number of benzene rings is 2. The Morgan fingerprint density at radius 1 is 1.15 bits per heavy atom. The molecule has 3 rings (SSSR count). The van der Waals surface area contributed by atoms with Crippen LogP contribution in [0.4, 0.5) is 4.39 Å². The largest absolute Gasteiger partial charge is 0.295 e. The van der Waals surface area contributed by atoms with E-state index in [0.29, 0.717) is 17.0 Å². The normalized spacial score (nSPS) is 14.9. The molecule has 102 valence electrons. The fraction of sp³-hybridized carbons (Fsp3) is 0.278. The molecule has 0 unspecified atom stereocenters. The van der Waals surface area contributed by atoms with Gasteiger partial charge in [-0.3, -0.25) is 4.79 Å². The minimum absolute atomic E-state index is 0.0404. The van der Waals surface area contributed by atoms with Crippen LogP contribution in [0.1, 0.15) is 48.0 Å². The van der Waals surface area contributed by atoms with Crippen LogP contribution in [0.2, 0.25) is 0 Å². The first-order valence-electron chi connectivity index (χ1n) is 7.06. The molecular weight excluding hydrogens is 251 g/mol. The molecule has 0 atom stereocenters. The van der Waals surface area contributed by atoms with E-state index in [-0.39, 0.29) is 11.6 Å². The van der Waals surface area contributed by atoms with E-state index in [0.717, 1.165) is 5.56 Å². The summed E-state index contributed by atoms with van der Waals surface area (Å²) in [5, 5.41) is 0. The van der Waals surface area contributed by atoms with Crippen LogP contribution in [0.3, 0.4) is 0 Å². The molecule has 0 saturated heterocycles. The topological polar surface area (TPSA) is 17.1 Å². The summed E-state index contributed by atoms with van der Waals surface area (Å²) in [6.45, 7) is 1.50. The van der Waals surface area contributed by atoms with Crippen LogP contribution in [0.15, 0.2) is 42.5 Å². The fourth-order valence-electron chi connectivity index (χ4n) is 2.67. The fourth-order valence-corrected chi connectivity index (χ4v) is 2.67. The van der Waals surface area contributed by atoms with Crippen molar-refractivity contribution in [1.29, 1.82) is 0 Å². The van der Waals surface area contributed by atoms with Crippen molar-refractivity contribution in [2.75, 3.05) is 0 Å². The quantitative estimate of drug-likeness (QED) is 0.719. The van der Waals surface area contributed by atoms with Crippen LogP contribution in [-0.2, 0) is 0 Å². The molecule has 1 saturated carbocycles. The van der Waals surface area contributed by atoms with Gasteiger partial charge < -0.3 is 0 Å². The highest BCUT2D eigenvalue weighted by atomic mass is 19.1. The average molecular weight is 268 g/mol. The van der Waals surface area contributed by atoms with E-state index >= 15 is 0 Å². The highest BCUT2D eigenvalue weighted by Gasteiger charge is 2.20. The van der Waals surface area contributed by atoms with Gasteiger partial charge in [0.25, 0.3) is 0 Å². The Labute approximate surface area is 118 Å². The lowest BCUT2D eigenvalue weighted by molar-refractivity contribution is 0.101. The second kappa shape index (κ2) is 5.20. The summed E-state index contributed by atoms with van der Waals surface area (Å²) in [4.78, 5) is 11.4. The molecular formula is C18H17FO. The van der Waals surface area contributed by atoms with Crippen LogP contribution < -0.4 is 0 Å². The minimum Gasteiger partial charge on any atom is -0.295 e. The van der Waals surface area contributed by atoms with Crippen LogP contribution in [0, 0.1) is 5.82 Å². The first-order chi connectivity index (χ1) is 9.65. The van der Waals surface area contributed by atoms with Crippen molar-refractivity contribution in [2.45, 2.75) is 32.1 Å². The van der Waals surface area contributed by atoms with E-state index in [4.69, 9.17) is 0 Å². The van der Waals surface area contributed by atoms with Crippen molar-refractivity contribution in [3.63, 3.8) is 0 Å². The highest BCUT2D eigenvalue weighted by Crippen LogP contribution is 2.38. The van der Waals surface area contributed by atoms with E-state index in [1.54, 1.807) is 6.07 Å². The number of carbonyl (C=O) groups excluding carboxylic acids is 1. The molecule has 20 heavy (non-hydrogen) atoms. The summed E-state index contributed by atoms with van der Waals surface area (Å²) in [5.74, 6) is 0.302. The smallest absolute Gasteiger partial charge is 0.159 e. The summed E-state index contributed by atoms with van der Waals surface area (Å²) in [6, 6.07) is 12.6. The predicted octanol–water partition coefficient (Wildman–Crippen LogP) is 4.96. The number of ketones is 1. The average Bonchev–Trinajstić information content (AvgIpc) is 2.37. The third-order valence-electron chi connectivity index (χ3n) is 4.15. The van der Waals surface area contributed by atoms with Gasteiger partial charge in [0.2, 0.25) is 0 Å². The Kier molecular flexibility index (Phi) is 3.39. The molecule has 1 fully saturated rings. The SMILES string of the molecule is CC(=O)c1ccc(F)c(-c2cccc(C3CCC3)c2)c1. The van der Waals surface area contributed by atoms with Crippen LogP contribution >= 0.6 is 0 Å². The van der Waals surface area contributed by atoms with Gasteiger partial charge in [-0.15, -0.1) is 0 Å². The van der Waals surface area contributed by atoms with Gasteiger partial charge in [-0.1, -0.05) is 30.7 Å². The molecule has 0 heterocycles. The van der Waals surface area contributed by atoms with Gasteiger partial charge in [0, 0.05) is 11.1 Å². The Hall–Kier alpha value is -1.96. The summed E-state index contributed by atoms with van der Waals surface area (Å²) in [6.07, 6.45) is 3.72. The third-order valence-corrected chi connectivity index (χ3v) is 4.15. The predicted molar refractivity (Wildman–Crippen MR) is 78.4 cm³/mol. The van der Waals surface area contributed by atoms with Gasteiger partial charge in [-0.05, 0) is 55.0 Å². The molecule has 0 spiro atoms.